The van der Waals surface area contributed by atoms with Crippen LogP contribution in [0.15, 0.2) is 42.5 Å². The van der Waals surface area contributed by atoms with Crippen molar-refractivity contribution in [1.29, 1.82) is 0 Å². The zero-order valence-electron chi connectivity index (χ0n) is 12.8. The molecule has 0 aliphatic rings. The van der Waals surface area contributed by atoms with Gasteiger partial charge >= 0.3 is 0 Å². The van der Waals surface area contributed by atoms with Crippen molar-refractivity contribution in [2.45, 2.75) is 20.8 Å². The lowest BCUT2D eigenvalue weighted by Crippen LogP contribution is -1.90. The first kappa shape index (κ1) is 14.7. The van der Waals surface area contributed by atoms with Crippen LogP contribution < -0.4 is 5.32 Å². The minimum atomic E-state index is -0.239. The summed E-state index contributed by atoms with van der Waals surface area (Å²) in [5.41, 5.74) is 5.50. The Morgan fingerprint density at radius 3 is 2.36 bits per heavy atom. The molecule has 0 atom stereocenters. The molecule has 4 heteroatoms. The fourth-order valence-corrected chi connectivity index (χ4v) is 3.12. The predicted octanol–water partition coefficient (Wildman–Crippen LogP) is 5.62. The molecule has 0 fully saturated rings. The molecule has 0 saturated carbocycles. The molecule has 2 aromatic carbocycles. The molecule has 0 spiro atoms. The summed E-state index contributed by atoms with van der Waals surface area (Å²) in [6.07, 6.45) is 0. The molecule has 1 heterocycles. The highest BCUT2D eigenvalue weighted by Crippen LogP contribution is 2.32. The van der Waals surface area contributed by atoms with Crippen molar-refractivity contribution in [3.05, 3.63) is 64.3 Å². The van der Waals surface area contributed by atoms with E-state index in [4.69, 9.17) is 0 Å². The highest BCUT2D eigenvalue weighted by Gasteiger charge is 2.10. The number of anilines is 2. The van der Waals surface area contributed by atoms with Crippen molar-refractivity contribution < 1.29 is 4.39 Å². The van der Waals surface area contributed by atoms with Gasteiger partial charge in [-0.25, -0.2) is 9.37 Å². The Morgan fingerprint density at radius 2 is 1.68 bits per heavy atom. The Balaban J connectivity index is 1.90. The molecule has 1 aromatic heterocycles. The summed E-state index contributed by atoms with van der Waals surface area (Å²) in [6, 6.07) is 12.7. The maximum atomic E-state index is 12.9. The number of aromatic nitrogens is 1. The van der Waals surface area contributed by atoms with E-state index in [1.165, 1.54) is 23.3 Å². The lowest BCUT2D eigenvalue weighted by atomic mass is 10.0. The van der Waals surface area contributed by atoms with Crippen LogP contribution in [-0.2, 0) is 0 Å². The summed E-state index contributed by atoms with van der Waals surface area (Å²) in [6.45, 7) is 6.28. The number of halogens is 1. The minimum absolute atomic E-state index is 0.239. The van der Waals surface area contributed by atoms with Gasteiger partial charge in [-0.1, -0.05) is 12.1 Å². The number of aryl methyl sites for hydroxylation is 3. The van der Waals surface area contributed by atoms with E-state index in [0.717, 1.165) is 27.0 Å². The summed E-state index contributed by atoms with van der Waals surface area (Å²) in [5, 5.41) is 4.05. The monoisotopic (exact) mass is 312 g/mol. The highest BCUT2D eigenvalue weighted by atomic mass is 32.1. The lowest BCUT2D eigenvalue weighted by molar-refractivity contribution is 0.628. The molecule has 3 rings (SSSR count). The summed E-state index contributed by atoms with van der Waals surface area (Å²) < 4.78 is 12.9. The second-order valence-electron chi connectivity index (χ2n) is 5.35. The molecule has 0 saturated heterocycles. The fraction of sp³-hybridized carbons (Fsp3) is 0.167. The van der Waals surface area contributed by atoms with E-state index in [1.54, 1.807) is 23.5 Å². The molecular weight excluding hydrogens is 295 g/mol. The maximum Gasteiger partial charge on any atom is 0.187 e. The summed E-state index contributed by atoms with van der Waals surface area (Å²) >= 11 is 1.60. The molecule has 0 bridgehead atoms. The van der Waals surface area contributed by atoms with Gasteiger partial charge in [0.05, 0.1) is 5.69 Å². The van der Waals surface area contributed by atoms with Gasteiger partial charge in [0.25, 0.3) is 0 Å². The van der Waals surface area contributed by atoms with Crippen molar-refractivity contribution >= 4 is 22.2 Å². The van der Waals surface area contributed by atoms with Gasteiger partial charge in [-0.15, -0.1) is 11.3 Å². The molecule has 0 aliphatic heterocycles. The largest absolute Gasteiger partial charge is 0.332 e. The molecule has 3 aromatic rings. The Labute approximate surface area is 133 Å². The van der Waals surface area contributed by atoms with E-state index < -0.39 is 0 Å². The third kappa shape index (κ3) is 3.02. The molecule has 2 nitrogen and oxygen atoms in total. The van der Waals surface area contributed by atoms with E-state index >= 15 is 0 Å². The van der Waals surface area contributed by atoms with Gasteiger partial charge in [-0.3, -0.25) is 0 Å². The number of hydrogen-bond acceptors (Lipinski definition) is 3. The van der Waals surface area contributed by atoms with Crippen LogP contribution in [0.1, 0.15) is 16.0 Å². The fourth-order valence-electron chi connectivity index (χ4n) is 2.26. The SMILES string of the molecule is Cc1ccc(-c2nc(Nc3ccc(F)cc3)sc2C)cc1C. The quantitative estimate of drug-likeness (QED) is 0.679. The summed E-state index contributed by atoms with van der Waals surface area (Å²) in [7, 11) is 0. The Kier molecular flexibility index (Phi) is 3.94. The Bertz CT molecular complexity index is 806. The number of benzene rings is 2. The first-order chi connectivity index (χ1) is 10.5. The normalized spacial score (nSPS) is 10.7. The molecule has 112 valence electrons. The van der Waals surface area contributed by atoms with Crippen molar-refractivity contribution in [2.24, 2.45) is 0 Å². The second kappa shape index (κ2) is 5.89. The van der Waals surface area contributed by atoms with E-state index in [-0.39, 0.29) is 5.82 Å². The highest BCUT2D eigenvalue weighted by molar-refractivity contribution is 7.16. The van der Waals surface area contributed by atoms with Gasteiger partial charge in [-0.2, -0.15) is 0 Å². The Hall–Kier alpha value is -2.20. The van der Waals surface area contributed by atoms with Crippen LogP contribution in [0.4, 0.5) is 15.2 Å². The van der Waals surface area contributed by atoms with Crippen LogP contribution in [0.5, 0.6) is 0 Å². The van der Waals surface area contributed by atoms with Gasteiger partial charge in [0.1, 0.15) is 5.82 Å². The second-order valence-corrected chi connectivity index (χ2v) is 6.56. The van der Waals surface area contributed by atoms with Crippen LogP contribution in [0, 0.1) is 26.6 Å². The first-order valence-corrected chi connectivity index (χ1v) is 7.92. The average molecular weight is 312 g/mol. The van der Waals surface area contributed by atoms with Crippen LogP contribution in [0.2, 0.25) is 0 Å². The average Bonchev–Trinajstić information content (AvgIpc) is 2.85. The number of nitrogens with zero attached hydrogens (tertiary/aromatic N) is 1. The van der Waals surface area contributed by atoms with E-state index in [9.17, 15) is 4.39 Å². The van der Waals surface area contributed by atoms with Gasteiger partial charge in [0.15, 0.2) is 5.13 Å². The zero-order chi connectivity index (χ0) is 15.7. The van der Waals surface area contributed by atoms with Crippen LogP contribution in [0.25, 0.3) is 11.3 Å². The lowest BCUT2D eigenvalue weighted by Gasteiger charge is -2.04. The van der Waals surface area contributed by atoms with Crippen molar-refractivity contribution in [1.82, 2.24) is 4.98 Å². The van der Waals surface area contributed by atoms with E-state index in [0.29, 0.717) is 0 Å². The molecule has 0 aliphatic carbocycles. The molecule has 1 N–H and O–H groups in total. The smallest absolute Gasteiger partial charge is 0.187 e. The number of thiazole rings is 1. The third-order valence-electron chi connectivity index (χ3n) is 3.67. The number of nitrogens with one attached hydrogen (secondary N) is 1. The number of hydrogen-bond donors (Lipinski definition) is 1. The first-order valence-electron chi connectivity index (χ1n) is 7.10. The van der Waals surface area contributed by atoms with Crippen molar-refractivity contribution in [2.75, 3.05) is 5.32 Å². The van der Waals surface area contributed by atoms with Gasteiger partial charge < -0.3 is 5.32 Å². The van der Waals surface area contributed by atoms with Crippen LogP contribution in [-0.4, -0.2) is 4.98 Å². The Morgan fingerprint density at radius 1 is 0.955 bits per heavy atom. The molecule has 22 heavy (non-hydrogen) atoms. The summed E-state index contributed by atoms with van der Waals surface area (Å²) in [5.74, 6) is -0.239. The topological polar surface area (TPSA) is 24.9 Å². The number of rotatable bonds is 3. The van der Waals surface area contributed by atoms with E-state index in [1.807, 2.05) is 0 Å². The van der Waals surface area contributed by atoms with Gasteiger partial charge in [-0.05, 0) is 62.2 Å². The molecule has 0 radical (unpaired) electrons. The molecule has 0 unspecified atom stereocenters. The molecular formula is C18H17FN2S. The standard InChI is InChI=1S/C18H17FN2S/c1-11-4-5-14(10-12(11)2)17-13(3)22-18(21-17)20-16-8-6-15(19)7-9-16/h4-10H,1-3H3,(H,20,21). The van der Waals surface area contributed by atoms with Gasteiger partial charge in [0.2, 0.25) is 0 Å². The van der Waals surface area contributed by atoms with Crippen LogP contribution in [0.3, 0.4) is 0 Å². The predicted molar refractivity (Wildman–Crippen MR) is 91.4 cm³/mol. The third-order valence-corrected chi connectivity index (χ3v) is 4.56. The molecule has 0 amide bonds. The van der Waals surface area contributed by atoms with Crippen molar-refractivity contribution in [3.63, 3.8) is 0 Å². The van der Waals surface area contributed by atoms with Gasteiger partial charge in [0, 0.05) is 16.1 Å². The zero-order valence-corrected chi connectivity index (χ0v) is 13.6. The van der Waals surface area contributed by atoms with Crippen LogP contribution >= 0.6 is 11.3 Å². The minimum Gasteiger partial charge on any atom is -0.332 e. The summed E-state index contributed by atoms with van der Waals surface area (Å²) in [4.78, 5) is 5.84. The maximum absolute atomic E-state index is 12.9. The van der Waals surface area contributed by atoms with Crippen molar-refractivity contribution in [3.8, 4) is 11.3 Å². The van der Waals surface area contributed by atoms with E-state index in [2.05, 4.69) is 49.3 Å².